The van der Waals surface area contributed by atoms with E-state index in [1.165, 1.54) is 24.9 Å². The molecule has 1 aliphatic rings. The second kappa shape index (κ2) is 10.9. The quantitative estimate of drug-likeness (QED) is 0.395. The maximum Gasteiger partial charge on any atom is 0.308 e. The first-order valence-corrected chi connectivity index (χ1v) is 11.9. The summed E-state index contributed by atoms with van der Waals surface area (Å²) in [5.41, 5.74) is 0.682. The van der Waals surface area contributed by atoms with Crippen molar-refractivity contribution in [2.75, 3.05) is 44.1 Å². The molecule has 2 aromatic heterocycles. The minimum atomic E-state index is -0.839. The molecule has 0 bridgehead atoms. The van der Waals surface area contributed by atoms with Gasteiger partial charge in [-0.25, -0.2) is 4.98 Å². The Morgan fingerprint density at radius 2 is 2.05 bits per heavy atom. The van der Waals surface area contributed by atoms with E-state index in [1.807, 2.05) is 4.90 Å². The van der Waals surface area contributed by atoms with Gasteiger partial charge in [0.15, 0.2) is 18.2 Å². The van der Waals surface area contributed by atoms with Crippen molar-refractivity contribution in [3.05, 3.63) is 39.8 Å². The summed E-state index contributed by atoms with van der Waals surface area (Å²) >= 11 is 6.38. The third-order valence-corrected chi connectivity index (χ3v) is 6.42. The molecule has 4 rings (SSSR count). The van der Waals surface area contributed by atoms with Gasteiger partial charge in [-0.3, -0.25) is 14.4 Å². The molecule has 1 atom stereocenters. The van der Waals surface area contributed by atoms with E-state index in [9.17, 15) is 19.5 Å². The fourth-order valence-electron chi connectivity index (χ4n) is 4.21. The Balaban J connectivity index is 1.68. The van der Waals surface area contributed by atoms with Crippen LogP contribution < -0.4 is 30.6 Å². The van der Waals surface area contributed by atoms with Crippen molar-refractivity contribution in [3.8, 4) is 11.5 Å². The molecule has 1 amide bonds. The fourth-order valence-corrected chi connectivity index (χ4v) is 4.35. The van der Waals surface area contributed by atoms with E-state index in [0.717, 1.165) is 6.42 Å². The van der Waals surface area contributed by atoms with E-state index in [2.05, 4.69) is 20.6 Å². The summed E-state index contributed by atoms with van der Waals surface area (Å²) in [6, 6.07) is 5.01. The normalized spacial score (nSPS) is 15.4. The predicted molar refractivity (Wildman–Crippen MR) is 138 cm³/mol. The lowest BCUT2D eigenvalue weighted by Gasteiger charge is -2.30. The van der Waals surface area contributed by atoms with E-state index in [4.69, 9.17) is 21.1 Å². The zero-order valence-electron chi connectivity index (χ0n) is 20.6. The maximum absolute atomic E-state index is 12.8. The number of carbonyl (C=O) groups is 2. The second-order valence-corrected chi connectivity index (χ2v) is 8.97. The van der Waals surface area contributed by atoms with Crippen LogP contribution in [0, 0.1) is 5.92 Å². The Morgan fingerprint density at radius 3 is 2.76 bits per heavy atom. The number of benzene rings is 1. The van der Waals surface area contributed by atoms with E-state index in [-0.39, 0.29) is 23.3 Å². The molecule has 37 heavy (non-hydrogen) atoms. The minimum Gasteiger partial charge on any atom is -0.494 e. The average Bonchev–Trinajstić information content (AvgIpc) is 2.90. The number of nitrogens with one attached hydrogen (secondary N) is 2. The highest BCUT2D eigenvalue weighted by Gasteiger charge is 2.27. The first kappa shape index (κ1) is 26.0. The monoisotopic (exact) mass is 530 g/mol. The van der Waals surface area contributed by atoms with Crippen molar-refractivity contribution in [1.29, 1.82) is 0 Å². The van der Waals surface area contributed by atoms with Crippen LogP contribution >= 0.6 is 11.6 Å². The first-order valence-electron chi connectivity index (χ1n) is 11.5. The summed E-state index contributed by atoms with van der Waals surface area (Å²) in [6.07, 6.45) is 2.79. The van der Waals surface area contributed by atoms with Crippen molar-refractivity contribution >= 4 is 51.8 Å². The number of halogens is 1. The number of pyridine rings is 1. The molecule has 3 N–H and O–H groups in total. The first-order chi connectivity index (χ1) is 17.7. The average molecular weight is 531 g/mol. The molecule has 0 radical (unpaired) electrons. The smallest absolute Gasteiger partial charge is 0.308 e. The summed E-state index contributed by atoms with van der Waals surface area (Å²) in [5.74, 6) is -0.563. The van der Waals surface area contributed by atoms with Crippen molar-refractivity contribution in [1.82, 2.24) is 19.9 Å². The third kappa shape index (κ3) is 5.53. The largest absolute Gasteiger partial charge is 0.494 e. The maximum atomic E-state index is 12.8. The molecule has 0 saturated carbocycles. The molecule has 196 valence electrons. The van der Waals surface area contributed by atoms with Gasteiger partial charge in [0, 0.05) is 44.3 Å². The number of anilines is 3. The molecule has 13 heteroatoms. The number of nitrogens with zero attached hydrogens (tertiary/aromatic N) is 4. The molecule has 0 unspecified atom stereocenters. The number of rotatable bonds is 8. The number of carboxylic acids is 1. The SMILES string of the molecule is CNC(=O)COc1cc2cc(Nc3nc(N4CCC[C@H](C(=O)O)C4)ncc3Cl)cc(OC)c2n(C)c1=O. The third-order valence-electron chi connectivity index (χ3n) is 6.15. The Kier molecular flexibility index (Phi) is 7.67. The van der Waals surface area contributed by atoms with Crippen LogP contribution in [-0.2, 0) is 16.6 Å². The van der Waals surface area contributed by atoms with Crippen molar-refractivity contribution < 1.29 is 24.2 Å². The van der Waals surface area contributed by atoms with Crippen LogP contribution in [0.1, 0.15) is 12.8 Å². The molecule has 0 spiro atoms. The number of ether oxygens (including phenoxy) is 2. The summed E-state index contributed by atoms with van der Waals surface area (Å²) in [5, 5.41) is 15.9. The van der Waals surface area contributed by atoms with Gasteiger partial charge in [-0.15, -0.1) is 0 Å². The van der Waals surface area contributed by atoms with Crippen molar-refractivity contribution in [3.63, 3.8) is 0 Å². The van der Waals surface area contributed by atoms with E-state index in [0.29, 0.717) is 53.6 Å². The van der Waals surface area contributed by atoms with Gasteiger partial charge in [-0.1, -0.05) is 11.6 Å². The molecule has 1 saturated heterocycles. The summed E-state index contributed by atoms with van der Waals surface area (Å²) < 4.78 is 12.4. The van der Waals surface area contributed by atoms with Crippen LogP contribution in [0.2, 0.25) is 5.02 Å². The zero-order chi connectivity index (χ0) is 26.7. The van der Waals surface area contributed by atoms with Crippen LogP contribution in [0.15, 0.2) is 29.2 Å². The van der Waals surface area contributed by atoms with Gasteiger partial charge in [0.2, 0.25) is 5.95 Å². The lowest BCUT2D eigenvalue weighted by atomic mass is 9.99. The van der Waals surface area contributed by atoms with Gasteiger partial charge >= 0.3 is 5.97 Å². The van der Waals surface area contributed by atoms with E-state index < -0.39 is 17.4 Å². The van der Waals surface area contributed by atoms with Crippen LogP contribution in [0.25, 0.3) is 10.9 Å². The number of likely N-dealkylation sites (N-methyl/N-ethyl adjacent to an activating group) is 1. The number of carbonyl (C=O) groups excluding carboxylic acids is 1. The van der Waals surface area contributed by atoms with E-state index in [1.54, 1.807) is 25.2 Å². The number of aliphatic carboxylic acids is 1. The summed E-state index contributed by atoms with van der Waals surface area (Å²) in [7, 11) is 4.56. The van der Waals surface area contributed by atoms with Crippen LogP contribution in [0.4, 0.5) is 17.5 Å². The van der Waals surface area contributed by atoms with Gasteiger partial charge in [-0.2, -0.15) is 4.98 Å². The lowest BCUT2D eigenvalue weighted by molar-refractivity contribution is -0.142. The Bertz CT molecular complexity index is 1410. The number of carboxylic acid groups (broad SMARTS) is 1. The Hall–Kier alpha value is -4.06. The standard InChI is InChI=1S/C24H27ClN6O6/c1-26-19(32)12-37-18-8-14-7-15(9-17(36-3)20(14)30(2)22(18)33)28-21-16(25)10-27-24(29-21)31-6-4-5-13(11-31)23(34)35/h7-10,13H,4-6,11-12H2,1-3H3,(H,26,32)(H,34,35)(H,27,28,29)/t13-/m0/s1. The van der Waals surface area contributed by atoms with Gasteiger partial charge in [-0.05, 0) is 25.0 Å². The topological polar surface area (TPSA) is 148 Å². The fraction of sp³-hybridized carbons (Fsp3) is 0.375. The van der Waals surface area contributed by atoms with Gasteiger partial charge in [0.05, 0.1) is 24.7 Å². The molecule has 12 nitrogen and oxygen atoms in total. The van der Waals surface area contributed by atoms with Crippen molar-refractivity contribution in [2.45, 2.75) is 12.8 Å². The van der Waals surface area contributed by atoms with Crippen LogP contribution in [0.3, 0.4) is 0 Å². The molecule has 0 aliphatic carbocycles. The lowest BCUT2D eigenvalue weighted by Crippen LogP contribution is -2.39. The summed E-state index contributed by atoms with van der Waals surface area (Å²) in [6.45, 7) is 0.652. The van der Waals surface area contributed by atoms with Gasteiger partial charge in [0.25, 0.3) is 11.5 Å². The van der Waals surface area contributed by atoms with Crippen molar-refractivity contribution in [2.24, 2.45) is 13.0 Å². The predicted octanol–water partition coefficient (Wildman–Crippen LogP) is 2.16. The highest BCUT2D eigenvalue weighted by atomic mass is 35.5. The Labute approximate surface area is 217 Å². The number of aryl methyl sites for hydroxylation is 1. The molecular formula is C24H27ClN6O6. The number of hydrogen-bond acceptors (Lipinski definition) is 9. The Morgan fingerprint density at radius 1 is 1.27 bits per heavy atom. The van der Waals surface area contributed by atoms with E-state index >= 15 is 0 Å². The zero-order valence-corrected chi connectivity index (χ0v) is 21.3. The van der Waals surface area contributed by atoms with Gasteiger partial charge < -0.3 is 34.7 Å². The molecule has 1 aromatic carbocycles. The highest BCUT2D eigenvalue weighted by Crippen LogP contribution is 2.33. The van der Waals surface area contributed by atoms with Crippen LogP contribution in [0.5, 0.6) is 11.5 Å². The number of amides is 1. The molecule has 1 aliphatic heterocycles. The molecular weight excluding hydrogens is 504 g/mol. The number of aromatic nitrogens is 3. The summed E-state index contributed by atoms with van der Waals surface area (Å²) in [4.78, 5) is 46.5. The second-order valence-electron chi connectivity index (χ2n) is 8.57. The number of methoxy groups -OCH3 is 1. The van der Waals surface area contributed by atoms with Gasteiger partial charge in [0.1, 0.15) is 10.8 Å². The number of fused-ring (bicyclic) bond motifs is 1. The van der Waals surface area contributed by atoms with Crippen LogP contribution in [-0.4, -0.2) is 65.4 Å². The number of piperidine rings is 1. The minimum absolute atomic E-state index is 0.0123. The molecule has 3 heterocycles. The highest BCUT2D eigenvalue weighted by molar-refractivity contribution is 6.32. The number of hydrogen-bond donors (Lipinski definition) is 3. The molecule has 1 fully saturated rings. The molecule has 3 aromatic rings.